The highest BCUT2D eigenvalue weighted by atomic mass is 19.1. The molecule has 2 aromatic heterocycles. The second-order valence-electron chi connectivity index (χ2n) is 5.97. The van der Waals surface area contributed by atoms with E-state index < -0.39 is 5.82 Å². The van der Waals surface area contributed by atoms with Crippen molar-refractivity contribution in [3.8, 4) is 22.5 Å². The van der Waals surface area contributed by atoms with Crippen LogP contribution in [0.5, 0.6) is 0 Å². The van der Waals surface area contributed by atoms with Gasteiger partial charge in [0.15, 0.2) is 0 Å². The van der Waals surface area contributed by atoms with Crippen molar-refractivity contribution in [1.29, 1.82) is 0 Å². The lowest BCUT2D eigenvalue weighted by molar-refractivity contribution is 0.0957. The van der Waals surface area contributed by atoms with E-state index in [9.17, 15) is 9.18 Å². The number of hydrogen-bond acceptors (Lipinski definition) is 4. The lowest BCUT2D eigenvalue weighted by atomic mass is 10.0. The molecule has 0 unspecified atom stereocenters. The highest BCUT2D eigenvalue weighted by molar-refractivity contribution is 6.10. The molecular formula is C21H16FN3O2. The number of rotatable bonds is 4. The summed E-state index contributed by atoms with van der Waals surface area (Å²) in [7, 11) is 0. The first-order valence-corrected chi connectivity index (χ1v) is 8.58. The SMILES string of the molecule is CCNC(=O)c1cc(-c2ccccc2F)nc2onc(-c3ccccc3)c12. The van der Waals surface area contributed by atoms with Gasteiger partial charge in [0, 0.05) is 17.7 Å². The van der Waals surface area contributed by atoms with Gasteiger partial charge in [0.25, 0.3) is 11.6 Å². The van der Waals surface area contributed by atoms with Crippen molar-refractivity contribution >= 4 is 17.0 Å². The Labute approximate surface area is 154 Å². The molecule has 2 heterocycles. The van der Waals surface area contributed by atoms with Gasteiger partial charge in [0.2, 0.25) is 0 Å². The Hall–Kier alpha value is -3.54. The fourth-order valence-electron chi connectivity index (χ4n) is 2.99. The number of aromatic nitrogens is 2. The van der Waals surface area contributed by atoms with Crippen LogP contribution in [0.2, 0.25) is 0 Å². The number of pyridine rings is 1. The van der Waals surface area contributed by atoms with Crippen molar-refractivity contribution in [3.63, 3.8) is 0 Å². The van der Waals surface area contributed by atoms with Crippen LogP contribution in [-0.2, 0) is 0 Å². The predicted molar refractivity (Wildman–Crippen MR) is 101 cm³/mol. The molecule has 0 spiro atoms. The zero-order valence-electron chi connectivity index (χ0n) is 14.6. The Morgan fingerprint density at radius 2 is 1.85 bits per heavy atom. The summed E-state index contributed by atoms with van der Waals surface area (Å²) in [6, 6.07) is 17.3. The summed E-state index contributed by atoms with van der Waals surface area (Å²) in [6.07, 6.45) is 0. The molecule has 0 radical (unpaired) electrons. The van der Waals surface area contributed by atoms with E-state index in [-0.39, 0.29) is 11.6 Å². The Balaban J connectivity index is 1.99. The van der Waals surface area contributed by atoms with Crippen LogP contribution in [-0.4, -0.2) is 22.6 Å². The van der Waals surface area contributed by atoms with Crippen LogP contribution in [0.25, 0.3) is 33.6 Å². The smallest absolute Gasteiger partial charge is 0.259 e. The largest absolute Gasteiger partial charge is 0.352 e. The Morgan fingerprint density at radius 1 is 1.11 bits per heavy atom. The van der Waals surface area contributed by atoms with Gasteiger partial charge in [-0.1, -0.05) is 47.6 Å². The Bertz CT molecular complexity index is 1120. The second-order valence-corrected chi connectivity index (χ2v) is 5.97. The normalized spacial score (nSPS) is 10.9. The van der Waals surface area contributed by atoms with E-state index >= 15 is 0 Å². The molecule has 0 atom stereocenters. The molecule has 0 fully saturated rings. The maximum absolute atomic E-state index is 14.2. The monoisotopic (exact) mass is 361 g/mol. The van der Waals surface area contributed by atoms with Crippen molar-refractivity contribution < 1.29 is 13.7 Å². The first-order chi connectivity index (χ1) is 13.2. The van der Waals surface area contributed by atoms with Gasteiger partial charge in [-0.25, -0.2) is 9.37 Å². The molecule has 0 aliphatic heterocycles. The minimum atomic E-state index is -0.422. The van der Waals surface area contributed by atoms with Crippen molar-refractivity contribution in [2.24, 2.45) is 0 Å². The van der Waals surface area contributed by atoms with Crippen LogP contribution < -0.4 is 5.32 Å². The highest BCUT2D eigenvalue weighted by Crippen LogP contribution is 2.33. The van der Waals surface area contributed by atoms with Crippen LogP contribution >= 0.6 is 0 Å². The third-order valence-electron chi connectivity index (χ3n) is 4.23. The maximum Gasteiger partial charge on any atom is 0.259 e. The number of carbonyl (C=O) groups is 1. The molecule has 0 saturated carbocycles. The van der Waals surface area contributed by atoms with Gasteiger partial charge < -0.3 is 9.84 Å². The van der Waals surface area contributed by atoms with Gasteiger partial charge in [-0.2, -0.15) is 0 Å². The van der Waals surface area contributed by atoms with E-state index in [0.717, 1.165) is 5.56 Å². The van der Waals surface area contributed by atoms with Crippen LogP contribution in [0.15, 0.2) is 65.2 Å². The van der Waals surface area contributed by atoms with Gasteiger partial charge >= 0.3 is 0 Å². The summed E-state index contributed by atoms with van der Waals surface area (Å²) in [5, 5.41) is 7.41. The third kappa shape index (κ3) is 3.06. The quantitative estimate of drug-likeness (QED) is 0.583. The van der Waals surface area contributed by atoms with Gasteiger partial charge in [-0.05, 0) is 25.1 Å². The van der Waals surface area contributed by atoms with E-state index in [1.807, 2.05) is 37.3 Å². The third-order valence-corrected chi connectivity index (χ3v) is 4.23. The van der Waals surface area contributed by atoms with Crippen molar-refractivity contribution in [2.45, 2.75) is 6.92 Å². The number of carbonyl (C=O) groups excluding carboxylic acids is 1. The summed E-state index contributed by atoms with van der Waals surface area (Å²) in [5.41, 5.74) is 2.48. The van der Waals surface area contributed by atoms with E-state index in [1.165, 1.54) is 6.07 Å². The first-order valence-electron chi connectivity index (χ1n) is 8.58. The molecular weight excluding hydrogens is 345 g/mol. The van der Waals surface area contributed by atoms with Crippen molar-refractivity contribution in [3.05, 3.63) is 72.0 Å². The maximum atomic E-state index is 14.2. The van der Waals surface area contributed by atoms with E-state index in [2.05, 4.69) is 15.5 Å². The number of benzene rings is 2. The Morgan fingerprint density at radius 3 is 2.59 bits per heavy atom. The molecule has 0 aliphatic carbocycles. The molecule has 5 nitrogen and oxygen atoms in total. The molecule has 1 amide bonds. The summed E-state index contributed by atoms with van der Waals surface area (Å²) >= 11 is 0. The second kappa shape index (κ2) is 6.99. The van der Waals surface area contributed by atoms with Gasteiger partial charge in [-0.3, -0.25) is 4.79 Å². The molecule has 0 aliphatic rings. The van der Waals surface area contributed by atoms with Crippen LogP contribution in [0.1, 0.15) is 17.3 Å². The van der Waals surface area contributed by atoms with Crippen LogP contribution in [0.3, 0.4) is 0 Å². The summed E-state index contributed by atoms with van der Waals surface area (Å²) < 4.78 is 19.7. The lowest BCUT2D eigenvalue weighted by Gasteiger charge is -2.08. The molecule has 0 bridgehead atoms. The zero-order chi connectivity index (χ0) is 18.8. The number of amides is 1. The lowest BCUT2D eigenvalue weighted by Crippen LogP contribution is -2.23. The summed E-state index contributed by atoms with van der Waals surface area (Å²) in [5.74, 6) is -0.711. The van der Waals surface area contributed by atoms with E-state index in [4.69, 9.17) is 4.52 Å². The standard InChI is InChI=1S/C21H16FN3O2/c1-2-23-20(26)15-12-17(14-10-6-7-11-16(14)22)24-21-18(15)19(25-27-21)13-8-4-3-5-9-13/h3-12H,2H2,1H3,(H,23,26). The highest BCUT2D eigenvalue weighted by Gasteiger charge is 2.22. The number of nitrogens with one attached hydrogen (secondary N) is 1. The van der Waals surface area contributed by atoms with E-state index in [1.54, 1.807) is 24.3 Å². The average Bonchev–Trinajstić information content (AvgIpc) is 3.12. The molecule has 2 aromatic carbocycles. The predicted octanol–water partition coefficient (Wildman–Crippen LogP) is 4.45. The zero-order valence-corrected chi connectivity index (χ0v) is 14.6. The average molecular weight is 361 g/mol. The fraction of sp³-hybridized carbons (Fsp3) is 0.0952. The fourth-order valence-corrected chi connectivity index (χ4v) is 2.99. The summed E-state index contributed by atoms with van der Waals surface area (Å²) in [6.45, 7) is 2.30. The van der Waals surface area contributed by atoms with Crippen LogP contribution in [0, 0.1) is 5.82 Å². The molecule has 4 aromatic rings. The number of hydrogen-bond donors (Lipinski definition) is 1. The molecule has 6 heteroatoms. The first kappa shape index (κ1) is 16.9. The molecule has 1 N–H and O–H groups in total. The molecule has 134 valence electrons. The van der Waals surface area contributed by atoms with E-state index in [0.29, 0.717) is 34.4 Å². The minimum Gasteiger partial charge on any atom is -0.352 e. The van der Waals surface area contributed by atoms with Gasteiger partial charge in [0.1, 0.15) is 11.5 Å². The number of nitrogens with zero attached hydrogens (tertiary/aromatic N) is 2. The summed E-state index contributed by atoms with van der Waals surface area (Å²) in [4.78, 5) is 17.1. The molecule has 4 rings (SSSR count). The van der Waals surface area contributed by atoms with Crippen molar-refractivity contribution in [1.82, 2.24) is 15.5 Å². The van der Waals surface area contributed by atoms with Crippen LogP contribution in [0.4, 0.5) is 4.39 Å². The topological polar surface area (TPSA) is 68.0 Å². The van der Waals surface area contributed by atoms with Gasteiger partial charge in [0.05, 0.1) is 16.6 Å². The Kier molecular flexibility index (Phi) is 4.38. The minimum absolute atomic E-state index is 0.191. The number of halogens is 1. The molecule has 0 saturated heterocycles. The van der Waals surface area contributed by atoms with Crippen molar-refractivity contribution in [2.75, 3.05) is 6.54 Å². The number of fused-ring (bicyclic) bond motifs is 1. The molecule has 27 heavy (non-hydrogen) atoms. The van der Waals surface area contributed by atoms with Gasteiger partial charge in [-0.15, -0.1) is 0 Å².